The Morgan fingerprint density at radius 3 is 2.56 bits per heavy atom. The Balaban J connectivity index is 2.31. The molecule has 2 heterocycles. The lowest BCUT2D eigenvalue weighted by atomic mass is 10.2. The first-order chi connectivity index (χ1) is 7.74. The molecule has 1 aromatic carbocycles. The second-order valence-corrected chi connectivity index (χ2v) is 3.61. The van der Waals surface area contributed by atoms with Crippen molar-refractivity contribution in [3.05, 3.63) is 18.0 Å². The zero-order valence-electron chi connectivity index (χ0n) is 8.73. The average Bonchev–Trinajstić information content (AvgIpc) is 2.27. The predicted octanol–water partition coefficient (Wildman–Crippen LogP) is 1.42. The number of benzene rings is 1. The minimum Gasteiger partial charge on any atom is -0.493 e. The quantitative estimate of drug-likeness (QED) is 0.724. The minimum atomic E-state index is -0.0283. The molecule has 0 unspecified atom stereocenters. The van der Waals surface area contributed by atoms with Crippen molar-refractivity contribution >= 4 is 10.9 Å². The van der Waals surface area contributed by atoms with Crippen molar-refractivity contribution in [2.24, 2.45) is 0 Å². The van der Waals surface area contributed by atoms with E-state index >= 15 is 0 Å². The summed E-state index contributed by atoms with van der Waals surface area (Å²) in [5.74, 6) is 1.79. The van der Waals surface area contributed by atoms with E-state index in [1.54, 1.807) is 19.1 Å². The maximum Gasteiger partial charge on any atom is 0.222 e. The van der Waals surface area contributed by atoms with Crippen LogP contribution in [0.5, 0.6) is 17.4 Å². The van der Waals surface area contributed by atoms with E-state index in [4.69, 9.17) is 9.47 Å². The standard InChI is InChI=1S/C11H10N2O3/c1-6-12-8-5-10-9(15-2-3-16-10)4-7(8)11(14)13-6/h4-5H,2-3H2,1H3,(H,12,13,14). The van der Waals surface area contributed by atoms with Gasteiger partial charge >= 0.3 is 0 Å². The molecule has 0 aliphatic carbocycles. The molecule has 1 aliphatic rings. The highest BCUT2D eigenvalue weighted by molar-refractivity contribution is 5.86. The van der Waals surface area contributed by atoms with Crippen LogP contribution in [0.1, 0.15) is 5.82 Å². The van der Waals surface area contributed by atoms with Gasteiger partial charge in [0, 0.05) is 6.07 Å². The van der Waals surface area contributed by atoms with E-state index in [9.17, 15) is 5.11 Å². The van der Waals surface area contributed by atoms with Gasteiger partial charge in [-0.3, -0.25) is 0 Å². The molecule has 82 valence electrons. The van der Waals surface area contributed by atoms with Crippen LogP contribution in [0.2, 0.25) is 0 Å². The summed E-state index contributed by atoms with van der Waals surface area (Å²) in [7, 11) is 0. The van der Waals surface area contributed by atoms with E-state index < -0.39 is 0 Å². The van der Waals surface area contributed by atoms with Gasteiger partial charge in [-0.2, -0.15) is 4.98 Å². The first-order valence-corrected chi connectivity index (χ1v) is 5.01. The Morgan fingerprint density at radius 1 is 1.12 bits per heavy atom. The molecule has 1 aromatic heterocycles. The molecule has 0 saturated carbocycles. The fraction of sp³-hybridized carbons (Fsp3) is 0.273. The predicted molar refractivity (Wildman–Crippen MR) is 56.9 cm³/mol. The van der Waals surface area contributed by atoms with Crippen LogP contribution in [0.15, 0.2) is 12.1 Å². The van der Waals surface area contributed by atoms with E-state index in [-0.39, 0.29) is 5.88 Å². The van der Waals surface area contributed by atoms with Gasteiger partial charge in [0.05, 0.1) is 10.9 Å². The molecule has 1 aliphatic heterocycles. The van der Waals surface area contributed by atoms with Crippen molar-refractivity contribution in [2.75, 3.05) is 13.2 Å². The maximum absolute atomic E-state index is 9.71. The van der Waals surface area contributed by atoms with Gasteiger partial charge in [-0.1, -0.05) is 0 Å². The molecule has 2 aromatic rings. The molecule has 0 saturated heterocycles. The first kappa shape index (κ1) is 9.21. The van der Waals surface area contributed by atoms with Gasteiger partial charge in [0.2, 0.25) is 5.88 Å². The number of aromatic hydroxyl groups is 1. The Bertz CT molecular complexity index is 569. The first-order valence-electron chi connectivity index (χ1n) is 5.01. The molecule has 0 fully saturated rings. The molecule has 5 nitrogen and oxygen atoms in total. The number of rotatable bonds is 0. The number of aromatic nitrogens is 2. The highest BCUT2D eigenvalue weighted by Crippen LogP contribution is 2.36. The lowest BCUT2D eigenvalue weighted by molar-refractivity contribution is 0.172. The molecule has 5 heteroatoms. The summed E-state index contributed by atoms with van der Waals surface area (Å²) in [6.07, 6.45) is 0. The number of hydrogen-bond donors (Lipinski definition) is 1. The Kier molecular flexibility index (Phi) is 1.86. The third kappa shape index (κ3) is 1.32. The topological polar surface area (TPSA) is 64.5 Å². The third-order valence-corrected chi connectivity index (χ3v) is 2.45. The summed E-state index contributed by atoms with van der Waals surface area (Å²) in [4.78, 5) is 8.14. The fourth-order valence-electron chi connectivity index (χ4n) is 1.76. The Morgan fingerprint density at radius 2 is 1.81 bits per heavy atom. The van der Waals surface area contributed by atoms with Crippen molar-refractivity contribution in [2.45, 2.75) is 6.92 Å². The van der Waals surface area contributed by atoms with Crippen LogP contribution in [-0.4, -0.2) is 28.3 Å². The monoisotopic (exact) mass is 218 g/mol. The zero-order chi connectivity index (χ0) is 11.1. The second kappa shape index (κ2) is 3.23. The van der Waals surface area contributed by atoms with Crippen molar-refractivity contribution in [1.82, 2.24) is 9.97 Å². The van der Waals surface area contributed by atoms with Gasteiger partial charge in [-0.15, -0.1) is 0 Å². The van der Waals surface area contributed by atoms with Gasteiger partial charge in [0.15, 0.2) is 11.5 Å². The van der Waals surface area contributed by atoms with Crippen LogP contribution in [0.3, 0.4) is 0 Å². The molecule has 0 atom stereocenters. The highest BCUT2D eigenvalue weighted by atomic mass is 16.6. The number of hydrogen-bond acceptors (Lipinski definition) is 5. The van der Waals surface area contributed by atoms with Crippen molar-refractivity contribution in [1.29, 1.82) is 0 Å². The smallest absolute Gasteiger partial charge is 0.222 e. The van der Waals surface area contributed by atoms with Crippen LogP contribution in [-0.2, 0) is 0 Å². The molecule has 3 rings (SSSR count). The van der Waals surface area contributed by atoms with E-state index in [1.807, 2.05) is 0 Å². The zero-order valence-corrected chi connectivity index (χ0v) is 8.73. The lowest BCUT2D eigenvalue weighted by Crippen LogP contribution is -2.15. The van der Waals surface area contributed by atoms with Crippen molar-refractivity contribution < 1.29 is 14.6 Å². The van der Waals surface area contributed by atoms with Gasteiger partial charge in [-0.05, 0) is 13.0 Å². The molecule has 1 N–H and O–H groups in total. The van der Waals surface area contributed by atoms with E-state index in [2.05, 4.69) is 9.97 Å². The van der Waals surface area contributed by atoms with Crippen molar-refractivity contribution in [3.63, 3.8) is 0 Å². The molecule has 0 radical (unpaired) electrons. The van der Waals surface area contributed by atoms with Crippen molar-refractivity contribution in [3.8, 4) is 17.4 Å². The maximum atomic E-state index is 9.71. The van der Waals surface area contributed by atoms with Gasteiger partial charge < -0.3 is 14.6 Å². The lowest BCUT2D eigenvalue weighted by Gasteiger charge is -2.18. The minimum absolute atomic E-state index is 0.0283. The summed E-state index contributed by atoms with van der Waals surface area (Å²) in [5, 5.41) is 10.3. The van der Waals surface area contributed by atoms with Gasteiger partial charge in [0.25, 0.3) is 0 Å². The molecule has 16 heavy (non-hydrogen) atoms. The van der Waals surface area contributed by atoms with Crippen LogP contribution in [0, 0.1) is 6.92 Å². The summed E-state index contributed by atoms with van der Waals surface area (Å²) in [6, 6.07) is 3.47. The second-order valence-electron chi connectivity index (χ2n) is 3.61. The Hall–Kier alpha value is -2.04. The highest BCUT2D eigenvalue weighted by Gasteiger charge is 2.15. The summed E-state index contributed by atoms with van der Waals surface area (Å²) >= 11 is 0. The number of aryl methyl sites for hydroxylation is 1. The van der Waals surface area contributed by atoms with Gasteiger partial charge in [-0.25, -0.2) is 4.98 Å². The fourth-order valence-corrected chi connectivity index (χ4v) is 1.76. The van der Waals surface area contributed by atoms with E-state index in [0.717, 1.165) is 0 Å². The van der Waals surface area contributed by atoms with E-state index in [0.29, 0.717) is 41.4 Å². The molecular weight excluding hydrogens is 208 g/mol. The molecule has 0 bridgehead atoms. The van der Waals surface area contributed by atoms with Crippen LogP contribution < -0.4 is 9.47 Å². The number of nitrogens with zero attached hydrogens (tertiary/aromatic N) is 2. The van der Waals surface area contributed by atoms with Crippen LogP contribution >= 0.6 is 0 Å². The molecule has 0 amide bonds. The number of ether oxygens (including phenoxy) is 2. The van der Waals surface area contributed by atoms with Crippen LogP contribution in [0.25, 0.3) is 10.9 Å². The summed E-state index contributed by atoms with van der Waals surface area (Å²) < 4.78 is 10.9. The normalized spacial score (nSPS) is 14.1. The molecule has 0 spiro atoms. The van der Waals surface area contributed by atoms with Gasteiger partial charge in [0.1, 0.15) is 19.0 Å². The Labute approximate surface area is 91.7 Å². The SMILES string of the molecule is Cc1nc(O)c2cc3c(cc2n1)OCCO3. The summed E-state index contributed by atoms with van der Waals surface area (Å²) in [5.41, 5.74) is 0.661. The van der Waals surface area contributed by atoms with E-state index in [1.165, 1.54) is 0 Å². The number of fused-ring (bicyclic) bond motifs is 2. The molecular formula is C11H10N2O3. The summed E-state index contributed by atoms with van der Waals surface area (Å²) in [6.45, 7) is 2.79. The largest absolute Gasteiger partial charge is 0.493 e. The third-order valence-electron chi connectivity index (χ3n) is 2.45. The average molecular weight is 218 g/mol. The van der Waals surface area contributed by atoms with Crippen LogP contribution in [0.4, 0.5) is 0 Å².